The summed E-state index contributed by atoms with van der Waals surface area (Å²) in [5, 5.41) is 16.9. The fourth-order valence-corrected chi connectivity index (χ4v) is 2.90. The number of hydrogen-bond acceptors (Lipinski definition) is 6. The Labute approximate surface area is 120 Å². The number of aromatic nitrogens is 2. The van der Waals surface area contributed by atoms with E-state index in [0.29, 0.717) is 5.69 Å². The third-order valence-electron chi connectivity index (χ3n) is 2.71. The fraction of sp³-hybridized carbons (Fsp3) is 0.182. The summed E-state index contributed by atoms with van der Waals surface area (Å²) in [5.74, 6) is 0.0499. The van der Waals surface area contributed by atoms with Crippen LogP contribution in [0.2, 0.25) is 0 Å². The lowest BCUT2D eigenvalue weighted by molar-refractivity contribution is -0.384. The smallest absolute Gasteiger partial charge is 0.273 e. The Balaban J connectivity index is 2.40. The van der Waals surface area contributed by atoms with Gasteiger partial charge in [0.1, 0.15) is 10.6 Å². The number of nitrogens with one attached hydrogen (secondary N) is 2. The van der Waals surface area contributed by atoms with Crippen LogP contribution in [0.3, 0.4) is 0 Å². The first-order valence-corrected chi connectivity index (χ1v) is 7.18. The highest BCUT2D eigenvalue weighted by Crippen LogP contribution is 2.30. The number of H-pyrrole nitrogens is 1. The van der Waals surface area contributed by atoms with E-state index in [2.05, 4.69) is 14.9 Å². The van der Waals surface area contributed by atoms with Crippen molar-refractivity contribution in [2.45, 2.75) is 11.8 Å². The second-order valence-corrected chi connectivity index (χ2v) is 5.76. The average Bonchev–Trinajstić information content (AvgIpc) is 2.85. The van der Waals surface area contributed by atoms with E-state index in [1.807, 2.05) is 0 Å². The van der Waals surface area contributed by atoms with Crippen LogP contribution in [0.5, 0.6) is 5.75 Å². The van der Waals surface area contributed by atoms with E-state index in [4.69, 9.17) is 4.74 Å². The number of nitro groups is 1. The number of aryl methyl sites for hydroxylation is 1. The fourth-order valence-electron chi connectivity index (χ4n) is 1.69. The summed E-state index contributed by atoms with van der Waals surface area (Å²) in [5.41, 5.74) is 0.279. The van der Waals surface area contributed by atoms with E-state index in [0.717, 1.165) is 6.07 Å². The Morgan fingerprint density at radius 2 is 2.14 bits per heavy atom. The Kier molecular flexibility index (Phi) is 3.80. The number of ether oxygens (including phenoxy) is 1. The predicted octanol–water partition coefficient (Wildman–Crippen LogP) is 1.44. The molecule has 2 N–H and O–H groups in total. The van der Waals surface area contributed by atoms with Gasteiger partial charge in [0.15, 0.2) is 0 Å². The molecule has 21 heavy (non-hydrogen) atoms. The second-order valence-electron chi connectivity index (χ2n) is 4.11. The summed E-state index contributed by atoms with van der Waals surface area (Å²) in [7, 11) is -2.57. The molecule has 0 aliphatic rings. The molecule has 1 aromatic carbocycles. The largest absolute Gasteiger partial charge is 0.494 e. The molecule has 0 aliphatic carbocycles. The molecule has 0 saturated carbocycles. The van der Waals surface area contributed by atoms with E-state index in [1.165, 1.54) is 25.4 Å². The molecule has 0 amide bonds. The molecule has 112 valence electrons. The number of methoxy groups -OCH3 is 1. The van der Waals surface area contributed by atoms with Gasteiger partial charge in [-0.3, -0.25) is 19.9 Å². The lowest BCUT2D eigenvalue weighted by Gasteiger charge is -2.11. The molecular formula is C11H12N4O5S. The molecular weight excluding hydrogens is 300 g/mol. The molecule has 1 heterocycles. The van der Waals surface area contributed by atoms with Crippen molar-refractivity contribution in [3.05, 3.63) is 40.2 Å². The van der Waals surface area contributed by atoms with Gasteiger partial charge in [0.05, 0.1) is 35.7 Å². The average molecular weight is 312 g/mol. The number of nitrogens with zero attached hydrogens (tertiary/aromatic N) is 2. The molecule has 1 aromatic heterocycles. The molecule has 0 unspecified atom stereocenters. The first-order chi connectivity index (χ1) is 9.85. The standard InChI is InChI=1S/C11H12N4O5S/c1-7-11(6-12-13-7)21(18,19)14-9-4-3-8(15(16)17)5-10(9)20-2/h3-6,14H,1-2H3,(H,12,13). The third-order valence-corrected chi connectivity index (χ3v) is 4.19. The summed E-state index contributed by atoms with van der Waals surface area (Å²) < 4.78 is 31.7. The zero-order chi connectivity index (χ0) is 15.6. The maximum Gasteiger partial charge on any atom is 0.273 e. The molecule has 10 heteroatoms. The number of benzene rings is 1. The van der Waals surface area contributed by atoms with Crippen molar-refractivity contribution in [2.24, 2.45) is 0 Å². The summed E-state index contributed by atoms with van der Waals surface area (Å²) in [4.78, 5) is 10.1. The third kappa shape index (κ3) is 2.94. The first kappa shape index (κ1) is 14.8. The molecule has 2 aromatic rings. The van der Waals surface area contributed by atoms with E-state index in [9.17, 15) is 18.5 Å². The summed E-state index contributed by atoms with van der Waals surface area (Å²) >= 11 is 0. The zero-order valence-corrected chi connectivity index (χ0v) is 12.0. The summed E-state index contributed by atoms with van der Waals surface area (Å²) in [6.07, 6.45) is 1.18. The normalized spacial score (nSPS) is 11.1. The van der Waals surface area contributed by atoms with Crippen molar-refractivity contribution < 1.29 is 18.1 Å². The molecule has 0 spiro atoms. The maximum absolute atomic E-state index is 12.2. The van der Waals surface area contributed by atoms with Crippen molar-refractivity contribution in [3.8, 4) is 5.75 Å². The Morgan fingerprint density at radius 1 is 1.43 bits per heavy atom. The van der Waals surface area contributed by atoms with Crippen LogP contribution in [0.4, 0.5) is 11.4 Å². The number of nitro benzene ring substituents is 1. The zero-order valence-electron chi connectivity index (χ0n) is 11.2. The van der Waals surface area contributed by atoms with Gasteiger partial charge in [-0.2, -0.15) is 5.10 Å². The van der Waals surface area contributed by atoms with Gasteiger partial charge >= 0.3 is 0 Å². The van der Waals surface area contributed by atoms with Crippen LogP contribution in [0.1, 0.15) is 5.69 Å². The van der Waals surface area contributed by atoms with Crippen molar-refractivity contribution in [2.75, 3.05) is 11.8 Å². The first-order valence-electron chi connectivity index (χ1n) is 5.70. The molecule has 0 bridgehead atoms. The lowest BCUT2D eigenvalue weighted by atomic mass is 10.2. The van der Waals surface area contributed by atoms with Crippen LogP contribution < -0.4 is 9.46 Å². The number of hydrogen-bond donors (Lipinski definition) is 2. The second kappa shape index (κ2) is 5.40. The number of aromatic amines is 1. The minimum atomic E-state index is -3.86. The highest BCUT2D eigenvalue weighted by molar-refractivity contribution is 7.92. The lowest BCUT2D eigenvalue weighted by Crippen LogP contribution is -2.14. The Morgan fingerprint density at radius 3 is 2.67 bits per heavy atom. The van der Waals surface area contributed by atoms with Crippen LogP contribution >= 0.6 is 0 Å². The monoisotopic (exact) mass is 312 g/mol. The molecule has 0 saturated heterocycles. The molecule has 2 rings (SSSR count). The topological polar surface area (TPSA) is 127 Å². The van der Waals surface area contributed by atoms with Crippen molar-refractivity contribution >= 4 is 21.4 Å². The number of non-ortho nitro benzene ring substituents is 1. The highest BCUT2D eigenvalue weighted by atomic mass is 32.2. The Bertz CT molecular complexity index is 784. The number of rotatable bonds is 5. The van der Waals surface area contributed by atoms with Gasteiger partial charge in [0.2, 0.25) is 0 Å². The predicted molar refractivity (Wildman–Crippen MR) is 73.8 cm³/mol. The van der Waals surface area contributed by atoms with Crippen LogP contribution in [0.15, 0.2) is 29.3 Å². The molecule has 0 fully saturated rings. The minimum Gasteiger partial charge on any atom is -0.494 e. The minimum absolute atomic E-state index is 0.0112. The van der Waals surface area contributed by atoms with Gasteiger partial charge in [-0.15, -0.1) is 0 Å². The van der Waals surface area contributed by atoms with Gasteiger partial charge < -0.3 is 4.74 Å². The number of sulfonamides is 1. The van der Waals surface area contributed by atoms with Crippen molar-refractivity contribution in [3.63, 3.8) is 0 Å². The molecule has 0 atom stereocenters. The summed E-state index contributed by atoms with van der Waals surface area (Å²) in [6, 6.07) is 3.59. The SMILES string of the molecule is COc1cc([N+](=O)[O-])ccc1NS(=O)(=O)c1cn[nH]c1C. The quantitative estimate of drug-likeness (QED) is 0.635. The highest BCUT2D eigenvalue weighted by Gasteiger charge is 2.21. The summed E-state index contributed by atoms with van der Waals surface area (Å²) in [6.45, 7) is 1.56. The van der Waals surface area contributed by atoms with E-state index in [1.54, 1.807) is 6.92 Å². The van der Waals surface area contributed by atoms with Gasteiger partial charge in [-0.25, -0.2) is 8.42 Å². The van der Waals surface area contributed by atoms with E-state index < -0.39 is 14.9 Å². The molecule has 9 nitrogen and oxygen atoms in total. The van der Waals surface area contributed by atoms with Crippen LogP contribution in [-0.4, -0.2) is 30.6 Å². The maximum atomic E-state index is 12.2. The Hall–Kier alpha value is -2.62. The van der Waals surface area contributed by atoms with Gasteiger partial charge in [-0.05, 0) is 13.0 Å². The van der Waals surface area contributed by atoms with Crippen LogP contribution in [0, 0.1) is 17.0 Å². The number of anilines is 1. The van der Waals surface area contributed by atoms with E-state index in [-0.39, 0.29) is 22.0 Å². The van der Waals surface area contributed by atoms with E-state index >= 15 is 0 Å². The van der Waals surface area contributed by atoms with Crippen LogP contribution in [-0.2, 0) is 10.0 Å². The molecule has 0 aliphatic heterocycles. The van der Waals surface area contributed by atoms with Crippen molar-refractivity contribution in [1.29, 1.82) is 0 Å². The van der Waals surface area contributed by atoms with Gasteiger partial charge in [-0.1, -0.05) is 0 Å². The molecule has 0 radical (unpaired) electrons. The van der Waals surface area contributed by atoms with Crippen molar-refractivity contribution in [1.82, 2.24) is 10.2 Å². The van der Waals surface area contributed by atoms with Crippen LogP contribution in [0.25, 0.3) is 0 Å². The van der Waals surface area contributed by atoms with Gasteiger partial charge in [0, 0.05) is 6.07 Å². The van der Waals surface area contributed by atoms with Gasteiger partial charge in [0.25, 0.3) is 15.7 Å².